The molecule has 0 saturated heterocycles. The summed E-state index contributed by atoms with van der Waals surface area (Å²) in [7, 11) is 0. The molecular weight excluding hydrogens is 424 g/mol. The minimum atomic E-state index is -0.482. The predicted molar refractivity (Wildman–Crippen MR) is 135 cm³/mol. The molecule has 0 radical (unpaired) electrons. The number of aryl methyl sites for hydroxylation is 2. The van der Waals surface area contributed by atoms with E-state index in [2.05, 4.69) is 10.6 Å². The third kappa shape index (κ3) is 5.05. The Bertz CT molecular complexity index is 1440. The molecule has 0 bridgehead atoms. The molecule has 6 heteroatoms. The van der Waals surface area contributed by atoms with E-state index in [9.17, 15) is 14.9 Å². The van der Waals surface area contributed by atoms with Crippen molar-refractivity contribution >= 4 is 40.2 Å². The number of hydrogen-bond acceptors (Lipinski definition) is 3. The number of aromatic nitrogens is 1. The summed E-state index contributed by atoms with van der Waals surface area (Å²) in [5, 5.41) is 16.2. The maximum Gasteiger partial charge on any atom is 0.266 e. The topological polar surface area (TPSA) is 86.9 Å². The molecule has 0 unspecified atom stereocenters. The number of nitrogens with zero attached hydrogens (tertiary/aromatic N) is 2. The fourth-order valence-electron chi connectivity index (χ4n) is 3.72. The lowest BCUT2D eigenvalue weighted by atomic mass is 10.1. The van der Waals surface area contributed by atoms with Crippen LogP contribution in [0.15, 0.2) is 84.6 Å². The summed E-state index contributed by atoms with van der Waals surface area (Å²) in [5.74, 6) is -0.653. The number of fused-ring (bicyclic) bond motifs is 1. The number of para-hydroxylation sites is 2. The third-order valence-corrected chi connectivity index (χ3v) is 5.62. The van der Waals surface area contributed by atoms with Crippen LogP contribution in [0.4, 0.5) is 11.4 Å². The molecule has 2 N–H and O–H groups in total. The standard InChI is InChI=1S/C28H24N4O2/c1-19-12-13-24(14-20(19)2)31-28(34)21(16-29)15-22-17-32(26-11-7-6-10-25(22)26)18-27(33)30-23-8-4-3-5-9-23/h3-15,17H,18H2,1-2H3,(H,30,33)(H,31,34)/b21-15+. The highest BCUT2D eigenvalue weighted by molar-refractivity contribution is 6.11. The molecule has 0 aliphatic rings. The Hall–Kier alpha value is -4.63. The van der Waals surface area contributed by atoms with Gasteiger partial charge in [0.05, 0.1) is 0 Å². The molecular formula is C28H24N4O2. The number of hydrogen-bond donors (Lipinski definition) is 2. The van der Waals surface area contributed by atoms with Gasteiger partial charge in [0.1, 0.15) is 18.2 Å². The van der Waals surface area contributed by atoms with E-state index < -0.39 is 5.91 Å². The number of amides is 2. The van der Waals surface area contributed by atoms with Gasteiger partial charge in [-0.1, -0.05) is 42.5 Å². The zero-order valence-corrected chi connectivity index (χ0v) is 19.0. The second-order valence-electron chi connectivity index (χ2n) is 8.07. The monoisotopic (exact) mass is 448 g/mol. The molecule has 0 aliphatic heterocycles. The van der Waals surface area contributed by atoms with Gasteiger partial charge in [-0.2, -0.15) is 5.26 Å². The van der Waals surface area contributed by atoms with Crippen molar-refractivity contribution in [2.24, 2.45) is 0 Å². The molecule has 1 heterocycles. The van der Waals surface area contributed by atoms with Crippen LogP contribution in [0.5, 0.6) is 0 Å². The number of rotatable bonds is 6. The first-order valence-corrected chi connectivity index (χ1v) is 10.9. The number of carbonyl (C=O) groups excluding carboxylic acids is 2. The maximum atomic E-state index is 12.8. The minimum Gasteiger partial charge on any atom is -0.337 e. The van der Waals surface area contributed by atoms with Crippen molar-refractivity contribution in [3.63, 3.8) is 0 Å². The summed E-state index contributed by atoms with van der Waals surface area (Å²) >= 11 is 0. The lowest BCUT2D eigenvalue weighted by Gasteiger charge is -2.07. The van der Waals surface area contributed by atoms with Gasteiger partial charge in [0, 0.05) is 34.0 Å². The van der Waals surface area contributed by atoms with E-state index in [0.29, 0.717) is 11.3 Å². The summed E-state index contributed by atoms with van der Waals surface area (Å²) in [6.07, 6.45) is 3.35. The van der Waals surface area contributed by atoms with Crippen molar-refractivity contribution in [3.05, 3.63) is 101 Å². The Kier molecular flexibility index (Phi) is 6.56. The minimum absolute atomic E-state index is 0.0186. The average molecular weight is 449 g/mol. The molecule has 168 valence electrons. The van der Waals surface area contributed by atoms with Crippen LogP contribution in [-0.2, 0) is 16.1 Å². The zero-order chi connectivity index (χ0) is 24.1. The Morgan fingerprint density at radius 1 is 0.912 bits per heavy atom. The lowest BCUT2D eigenvalue weighted by molar-refractivity contribution is -0.116. The number of carbonyl (C=O) groups is 2. The van der Waals surface area contributed by atoms with Crippen LogP contribution in [0.3, 0.4) is 0 Å². The van der Waals surface area contributed by atoms with E-state index in [1.54, 1.807) is 12.3 Å². The molecule has 0 aliphatic carbocycles. The SMILES string of the molecule is Cc1ccc(NC(=O)/C(C#N)=C/c2cn(CC(=O)Nc3ccccc3)c3ccccc23)cc1C. The highest BCUT2D eigenvalue weighted by atomic mass is 16.2. The van der Waals surface area contributed by atoms with Crippen LogP contribution in [0.1, 0.15) is 16.7 Å². The second-order valence-corrected chi connectivity index (χ2v) is 8.07. The zero-order valence-electron chi connectivity index (χ0n) is 19.0. The summed E-state index contributed by atoms with van der Waals surface area (Å²) in [6.45, 7) is 4.06. The maximum absolute atomic E-state index is 12.8. The van der Waals surface area contributed by atoms with E-state index in [-0.39, 0.29) is 18.0 Å². The quantitative estimate of drug-likeness (QED) is 0.304. The summed E-state index contributed by atoms with van der Waals surface area (Å²) < 4.78 is 1.82. The van der Waals surface area contributed by atoms with Gasteiger partial charge in [-0.05, 0) is 61.4 Å². The van der Waals surface area contributed by atoms with Crippen molar-refractivity contribution in [2.75, 3.05) is 10.6 Å². The van der Waals surface area contributed by atoms with Crippen LogP contribution in [-0.4, -0.2) is 16.4 Å². The van der Waals surface area contributed by atoms with Crippen LogP contribution in [0.25, 0.3) is 17.0 Å². The van der Waals surface area contributed by atoms with Crippen LogP contribution in [0, 0.1) is 25.2 Å². The Morgan fingerprint density at radius 2 is 1.65 bits per heavy atom. The fourth-order valence-corrected chi connectivity index (χ4v) is 3.72. The predicted octanol–water partition coefficient (Wildman–Crippen LogP) is 5.44. The fraction of sp³-hybridized carbons (Fsp3) is 0.107. The van der Waals surface area contributed by atoms with Crippen LogP contribution in [0.2, 0.25) is 0 Å². The number of nitriles is 1. The van der Waals surface area contributed by atoms with Crippen molar-refractivity contribution in [1.29, 1.82) is 5.26 Å². The molecule has 4 aromatic rings. The average Bonchev–Trinajstić information content (AvgIpc) is 3.17. The molecule has 0 saturated carbocycles. The van der Waals surface area contributed by atoms with E-state index >= 15 is 0 Å². The van der Waals surface area contributed by atoms with Gasteiger partial charge in [0.2, 0.25) is 5.91 Å². The van der Waals surface area contributed by atoms with Crippen molar-refractivity contribution in [2.45, 2.75) is 20.4 Å². The Balaban J connectivity index is 1.60. The first kappa shape index (κ1) is 22.6. The van der Waals surface area contributed by atoms with Gasteiger partial charge in [0.25, 0.3) is 5.91 Å². The molecule has 4 rings (SSSR count). The van der Waals surface area contributed by atoms with E-state index in [1.165, 1.54) is 0 Å². The summed E-state index contributed by atoms with van der Waals surface area (Å²) in [5.41, 5.74) is 5.04. The van der Waals surface area contributed by atoms with Crippen LogP contribution >= 0.6 is 0 Å². The van der Waals surface area contributed by atoms with Crippen LogP contribution < -0.4 is 10.6 Å². The first-order chi connectivity index (χ1) is 16.4. The number of nitrogens with one attached hydrogen (secondary N) is 2. The Morgan fingerprint density at radius 3 is 2.38 bits per heavy atom. The summed E-state index contributed by atoms with van der Waals surface area (Å²) in [6, 6.07) is 24.5. The van der Waals surface area contributed by atoms with Crippen molar-refractivity contribution < 1.29 is 9.59 Å². The molecule has 0 fully saturated rings. The normalized spacial score (nSPS) is 11.1. The second kappa shape index (κ2) is 9.88. The molecule has 2 amide bonds. The molecule has 1 aromatic heterocycles. The highest BCUT2D eigenvalue weighted by Crippen LogP contribution is 2.24. The van der Waals surface area contributed by atoms with Gasteiger partial charge >= 0.3 is 0 Å². The van der Waals surface area contributed by atoms with Crippen molar-refractivity contribution in [1.82, 2.24) is 4.57 Å². The molecule has 6 nitrogen and oxygen atoms in total. The van der Waals surface area contributed by atoms with Gasteiger partial charge < -0.3 is 15.2 Å². The van der Waals surface area contributed by atoms with Gasteiger partial charge in [-0.25, -0.2) is 0 Å². The van der Waals surface area contributed by atoms with E-state index in [4.69, 9.17) is 0 Å². The molecule has 0 atom stereocenters. The van der Waals surface area contributed by atoms with Gasteiger partial charge in [-0.15, -0.1) is 0 Å². The van der Waals surface area contributed by atoms with E-state index in [0.717, 1.165) is 27.7 Å². The number of anilines is 2. The van der Waals surface area contributed by atoms with Crippen molar-refractivity contribution in [3.8, 4) is 6.07 Å². The van der Waals surface area contributed by atoms with E-state index in [1.807, 2.05) is 97.3 Å². The van der Waals surface area contributed by atoms with Gasteiger partial charge in [-0.3, -0.25) is 9.59 Å². The lowest BCUT2D eigenvalue weighted by Crippen LogP contribution is -2.18. The summed E-state index contributed by atoms with van der Waals surface area (Å²) in [4.78, 5) is 25.4. The molecule has 3 aromatic carbocycles. The smallest absolute Gasteiger partial charge is 0.266 e. The highest BCUT2D eigenvalue weighted by Gasteiger charge is 2.14. The first-order valence-electron chi connectivity index (χ1n) is 10.9. The van der Waals surface area contributed by atoms with Gasteiger partial charge in [0.15, 0.2) is 0 Å². The molecule has 0 spiro atoms. The third-order valence-electron chi connectivity index (χ3n) is 5.62. The number of benzene rings is 3. The Labute approximate surface area is 198 Å². The largest absolute Gasteiger partial charge is 0.337 e. The molecule has 34 heavy (non-hydrogen) atoms.